The molecule has 31 heavy (non-hydrogen) atoms. The quantitative estimate of drug-likeness (QED) is 0.222. The molecule has 0 unspecified atom stereocenters. The third kappa shape index (κ3) is 8.98. The first-order valence-electron chi connectivity index (χ1n) is 8.55. The molecule has 0 amide bonds. The summed E-state index contributed by atoms with van der Waals surface area (Å²) in [6.07, 6.45) is 0. The van der Waals surface area contributed by atoms with Crippen LogP contribution in [-0.2, 0) is 4.57 Å². The Balaban J connectivity index is 0.000000182. The van der Waals surface area contributed by atoms with E-state index in [9.17, 15) is 9.36 Å². The van der Waals surface area contributed by atoms with Crippen molar-refractivity contribution in [3.63, 3.8) is 0 Å². The lowest BCUT2D eigenvalue weighted by molar-refractivity contribution is 0.415. The molecule has 0 spiro atoms. The van der Waals surface area contributed by atoms with Gasteiger partial charge in [-0.25, -0.2) is 4.98 Å². The molecule has 0 saturated heterocycles. The summed E-state index contributed by atoms with van der Waals surface area (Å²) in [6.45, 7) is 0. The number of rotatable bonds is 2. The van der Waals surface area contributed by atoms with Gasteiger partial charge in [0.15, 0.2) is 0 Å². The van der Waals surface area contributed by atoms with E-state index in [1.165, 1.54) is 6.07 Å². The van der Waals surface area contributed by atoms with Gasteiger partial charge in [-0.1, -0.05) is 11.6 Å². The molecule has 0 aliphatic carbocycles. The van der Waals surface area contributed by atoms with Crippen molar-refractivity contribution in [3.05, 3.63) is 76.2 Å². The molecule has 2 heterocycles. The molecule has 0 aliphatic rings. The van der Waals surface area contributed by atoms with Crippen LogP contribution in [-0.4, -0.2) is 24.2 Å². The first-order valence-corrected chi connectivity index (χ1v) is 13.4. The fraction of sp³-hybridized carbons (Fsp3) is 0.100. The van der Waals surface area contributed by atoms with E-state index < -0.39 is 5.20 Å². The number of hydrogen-bond donors (Lipinski definition) is 1. The molecule has 4 aromatic rings. The second-order valence-electron chi connectivity index (χ2n) is 5.87. The number of pyridine rings is 2. The van der Waals surface area contributed by atoms with E-state index in [2.05, 4.69) is 43.7 Å². The molecule has 0 atom stereocenters. The summed E-state index contributed by atoms with van der Waals surface area (Å²) in [7, 11) is 3.23. The number of methoxy groups -OCH3 is 2. The SMILES string of the molecule is COc1ccc2ccc(=O)[nH]c2c1.COc1ccc2ccc(Cl)nc2c1.O=P(Cl)(Cl)Cl. The Morgan fingerprint density at radius 3 is 1.97 bits per heavy atom. The molecule has 11 heteroatoms. The highest BCUT2D eigenvalue weighted by molar-refractivity contribution is 8.24. The maximum atomic E-state index is 11.0. The number of aromatic amines is 1. The summed E-state index contributed by atoms with van der Waals surface area (Å²) in [4.78, 5) is 17.9. The highest BCUT2D eigenvalue weighted by Gasteiger charge is 2.03. The summed E-state index contributed by atoms with van der Waals surface area (Å²) >= 11 is 19.6. The summed E-state index contributed by atoms with van der Waals surface area (Å²) in [5, 5.41) is -0.661. The molecular formula is C20H17Cl4N2O4P. The van der Waals surface area contributed by atoms with Gasteiger partial charge in [-0.15, -0.1) is 0 Å². The van der Waals surface area contributed by atoms with Crippen molar-refractivity contribution in [2.45, 2.75) is 0 Å². The minimum atomic E-state index is -3.22. The number of fused-ring (bicyclic) bond motifs is 2. The van der Waals surface area contributed by atoms with Crippen LogP contribution < -0.4 is 15.0 Å². The van der Waals surface area contributed by atoms with Gasteiger partial charge in [0, 0.05) is 23.6 Å². The zero-order chi connectivity index (χ0) is 23.0. The summed E-state index contributed by atoms with van der Waals surface area (Å²) in [5.41, 5.74) is 1.56. The zero-order valence-corrected chi connectivity index (χ0v) is 20.2. The van der Waals surface area contributed by atoms with Crippen LogP contribution in [0.3, 0.4) is 0 Å². The second-order valence-corrected chi connectivity index (χ2v) is 12.9. The van der Waals surface area contributed by atoms with Crippen molar-refractivity contribution in [3.8, 4) is 11.5 Å². The van der Waals surface area contributed by atoms with Gasteiger partial charge >= 0.3 is 5.20 Å². The van der Waals surface area contributed by atoms with E-state index in [-0.39, 0.29) is 5.56 Å². The minimum Gasteiger partial charge on any atom is -0.497 e. The largest absolute Gasteiger partial charge is 0.497 e. The lowest BCUT2D eigenvalue weighted by Crippen LogP contribution is -2.02. The van der Waals surface area contributed by atoms with Crippen LogP contribution in [0.5, 0.6) is 11.5 Å². The maximum Gasteiger partial charge on any atom is 0.339 e. The number of hydrogen-bond acceptors (Lipinski definition) is 5. The average molecular weight is 522 g/mol. The number of aromatic nitrogens is 2. The number of ether oxygens (including phenoxy) is 2. The van der Waals surface area contributed by atoms with Crippen molar-refractivity contribution in [2.24, 2.45) is 0 Å². The third-order valence-corrected chi connectivity index (χ3v) is 4.01. The maximum absolute atomic E-state index is 11.0. The van der Waals surface area contributed by atoms with Crippen molar-refractivity contribution >= 4 is 72.3 Å². The molecule has 2 aromatic carbocycles. The first kappa shape index (κ1) is 25.3. The molecule has 2 aromatic heterocycles. The normalized spacial score (nSPS) is 10.5. The van der Waals surface area contributed by atoms with E-state index in [1.807, 2.05) is 36.4 Å². The lowest BCUT2D eigenvalue weighted by Gasteiger charge is -2.01. The first-order chi connectivity index (χ1) is 14.6. The number of H-pyrrole nitrogens is 1. The third-order valence-electron chi connectivity index (χ3n) is 3.80. The fourth-order valence-electron chi connectivity index (χ4n) is 2.45. The number of nitrogens with zero attached hydrogens (tertiary/aromatic N) is 1. The van der Waals surface area contributed by atoms with E-state index in [0.29, 0.717) is 5.15 Å². The van der Waals surface area contributed by atoms with Crippen LogP contribution in [0.2, 0.25) is 5.15 Å². The van der Waals surface area contributed by atoms with Crippen molar-refractivity contribution in [1.82, 2.24) is 9.97 Å². The summed E-state index contributed by atoms with van der Waals surface area (Å²) in [5.74, 6) is 1.54. The number of benzene rings is 2. The van der Waals surface area contributed by atoms with Crippen LogP contribution in [0.1, 0.15) is 0 Å². The van der Waals surface area contributed by atoms with Gasteiger partial charge in [-0.2, -0.15) is 0 Å². The van der Waals surface area contributed by atoms with Gasteiger partial charge in [-0.3, -0.25) is 9.36 Å². The van der Waals surface area contributed by atoms with Crippen LogP contribution >= 0.6 is 50.5 Å². The van der Waals surface area contributed by atoms with Crippen molar-refractivity contribution in [2.75, 3.05) is 14.2 Å². The molecule has 4 rings (SSSR count). The highest BCUT2D eigenvalue weighted by atomic mass is 36.0. The van der Waals surface area contributed by atoms with E-state index in [0.717, 1.165) is 33.3 Å². The fourth-order valence-corrected chi connectivity index (χ4v) is 2.61. The summed E-state index contributed by atoms with van der Waals surface area (Å²) < 4.78 is 19.6. The molecule has 0 fully saturated rings. The molecule has 1 N–H and O–H groups in total. The second kappa shape index (κ2) is 11.6. The van der Waals surface area contributed by atoms with E-state index in [1.54, 1.807) is 32.4 Å². The minimum absolute atomic E-state index is 0.0965. The Bertz CT molecular complexity index is 1270. The molecule has 164 valence electrons. The standard InChI is InChI=1S/C10H8ClNO.C10H9NO2.Cl3OP/c1-13-8-4-2-7-3-5-10(11)12-9(7)6-8;1-13-8-4-2-7-3-5-10(12)11-9(7)6-8;1-5(2,3)4/h2-6H,1H3;2-6H,1H3,(H,11,12);. The van der Waals surface area contributed by atoms with Crippen LogP contribution in [0.4, 0.5) is 0 Å². The number of halogens is 4. The molecule has 6 nitrogen and oxygen atoms in total. The Morgan fingerprint density at radius 2 is 1.35 bits per heavy atom. The molecular weight excluding hydrogens is 505 g/mol. The van der Waals surface area contributed by atoms with Crippen LogP contribution in [0.25, 0.3) is 21.8 Å². The Morgan fingerprint density at radius 1 is 0.839 bits per heavy atom. The molecule has 0 aliphatic heterocycles. The average Bonchev–Trinajstić information content (AvgIpc) is 2.71. The Hall–Kier alpha value is -1.95. The van der Waals surface area contributed by atoms with Crippen molar-refractivity contribution < 1.29 is 14.0 Å². The highest BCUT2D eigenvalue weighted by Crippen LogP contribution is 2.61. The summed E-state index contributed by atoms with van der Waals surface area (Å²) in [6, 6.07) is 18.3. The zero-order valence-electron chi connectivity index (χ0n) is 16.3. The van der Waals surface area contributed by atoms with Gasteiger partial charge < -0.3 is 14.5 Å². The van der Waals surface area contributed by atoms with Gasteiger partial charge in [-0.05, 0) is 81.6 Å². The van der Waals surface area contributed by atoms with E-state index >= 15 is 0 Å². The predicted octanol–water partition coefficient (Wildman–Crippen LogP) is 7.24. The Kier molecular flexibility index (Phi) is 9.48. The molecule has 0 radical (unpaired) electrons. The number of nitrogens with one attached hydrogen (secondary N) is 1. The monoisotopic (exact) mass is 520 g/mol. The topological polar surface area (TPSA) is 81.3 Å². The van der Waals surface area contributed by atoms with Crippen LogP contribution in [0.15, 0.2) is 65.5 Å². The van der Waals surface area contributed by atoms with Crippen LogP contribution in [0, 0.1) is 0 Å². The Labute approximate surface area is 197 Å². The lowest BCUT2D eigenvalue weighted by atomic mass is 10.2. The van der Waals surface area contributed by atoms with Gasteiger partial charge in [0.05, 0.1) is 25.3 Å². The van der Waals surface area contributed by atoms with Crippen molar-refractivity contribution in [1.29, 1.82) is 0 Å². The smallest absolute Gasteiger partial charge is 0.339 e. The van der Waals surface area contributed by atoms with Gasteiger partial charge in [0.25, 0.3) is 0 Å². The predicted molar refractivity (Wildman–Crippen MR) is 130 cm³/mol. The molecule has 0 saturated carbocycles. The molecule has 0 bridgehead atoms. The van der Waals surface area contributed by atoms with Gasteiger partial charge in [0.1, 0.15) is 16.7 Å². The van der Waals surface area contributed by atoms with Gasteiger partial charge in [0.2, 0.25) is 5.56 Å². The van der Waals surface area contributed by atoms with E-state index in [4.69, 9.17) is 21.1 Å².